The summed E-state index contributed by atoms with van der Waals surface area (Å²) in [6, 6.07) is 24.4. The third kappa shape index (κ3) is 6.15. The highest BCUT2D eigenvalue weighted by Gasteiger charge is 2.12. The molecule has 4 rings (SSSR count). The van der Waals surface area contributed by atoms with Gasteiger partial charge in [-0.1, -0.05) is 78.0 Å². The number of thioether (sulfide) groups is 1. The first-order valence-corrected chi connectivity index (χ1v) is 11.6. The van der Waals surface area contributed by atoms with E-state index in [9.17, 15) is 9.59 Å². The van der Waals surface area contributed by atoms with Gasteiger partial charge in [-0.15, -0.1) is 10.2 Å². The maximum atomic E-state index is 12.2. The van der Waals surface area contributed by atoms with Gasteiger partial charge in [0.15, 0.2) is 11.8 Å². The third-order valence-electron chi connectivity index (χ3n) is 4.61. The van der Waals surface area contributed by atoms with Gasteiger partial charge in [-0.05, 0) is 29.8 Å². The third-order valence-corrected chi connectivity index (χ3v) is 5.79. The van der Waals surface area contributed by atoms with E-state index in [1.807, 2.05) is 60.7 Å². The van der Waals surface area contributed by atoms with E-state index in [1.54, 1.807) is 22.8 Å². The highest BCUT2D eigenvalue weighted by atomic mass is 35.5. The molecule has 1 aromatic heterocycles. The van der Waals surface area contributed by atoms with Gasteiger partial charge >= 0.3 is 0 Å². The van der Waals surface area contributed by atoms with Crippen molar-refractivity contribution in [2.24, 2.45) is 0 Å². The molecule has 0 fully saturated rings. The van der Waals surface area contributed by atoms with Gasteiger partial charge in [0.2, 0.25) is 5.91 Å². The molecule has 0 aliphatic rings. The number of nitrogens with one attached hydrogen (secondary N) is 2. The number of nitrogens with zero attached hydrogens (tertiary/aromatic N) is 3. The second-order valence-corrected chi connectivity index (χ2v) is 8.38. The fourth-order valence-electron chi connectivity index (χ4n) is 3.06. The Morgan fingerprint density at radius 3 is 2.53 bits per heavy atom. The maximum absolute atomic E-state index is 12.2. The lowest BCUT2D eigenvalue weighted by molar-refractivity contribution is -0.128. The molecule has 0 atom stereocenters. The summed E-state index contributed by atoms with van der Waals surface area (Å²) in [5.74, 6) is -0.282. The number of hydrogen-bond donors (Lipinski definition) is 2. The van der Waals surface area contributed by atoms with Crippen LogP contribution in [0.4, 0.5) is 0 Å². The molecule has 8 nitrogen and oxygen atoms in total. The second-order valence-electron chi connectivity index (χ2n) is 7.00. The molecule has 10 heteroatoms. The molecule has 2 N–H and O–H groups in total. The first-order chi connectivity index (χ1) is 16.6. The molecule has 0 spiro atoms. The van der Waals surface area contributed by atoms with E-state index in [0.717, 1.165) is 16.8 Å². The summed E-state index contributed by atoms with van der Waals surface area (Å²) < 4.78 is 7.40. The molecule has 34 heavy (non-hydrogen) atoms. The minimum absolute atomic E-state index is 0.0250. The number of rotatable bonds is 8. The van der Waals surface area contributed by atoms with Crippen molar-refractivity contribution < 1.29 is 14.3 Å². The number of ether oxygens (including phenoxy) is 1. The molecule has 0 aliphatic carbocycles. The van der Waals surface area contributed by atoms with Crippen LogP contribution in [0, 0.1) is 0 Å². The van der Waals surface area contributed by atoms with E-state index in [1.165, 1.54) is 18.1 Å². The number of hydrogen-bond acceptors (Lipinski definition) is 6. The Balaban J connectivity index is 1.25. The minimum atomic E-state index is -0.483. The van der Waals surface area contributed by atoms with Crippen molar-refractivity contribution >= 4 is 35.2 Å². The van der Waals surface area contributed by atoms with Gasteiger partial charge in [-0.3, -0.25) is 25.0 Å². The van der Waals surface area contributed by atoms with Crippen molar-refractivity contribution in [2.75, 3.05) is 12.4 Å². The smallest absolute Gasteiger partial charge is 0.276 e. The highest BCUT2D eigenvalue weighted by Crippen LogP contribution is 2.29. The largest absolute Gasteiger partial charge is 0.483 e. The lowest BCUT2D eigenvalue weighted by Crippen LogP contribution is -2.44. The molecule has 4 aromatic rings. The van der Waals surface area contributed by atoms with Crippen molar-refractivity contribution in [3.63, 3.8) is 0 Å². The lowest BCUT2D eigenvalue weighted by Gasteiger charge is -2.12. The molecule has 3 aromatic carbocycles. The Hall–Kier alpha value is -3.82. The normalized spacial score (nSPS) is 10.5. The van der Waals surface area contributed by atoms with Gasteiger partial charge in [-0.2, -0.15) is 0 Å². The average Bonchev–Trinajstić information content (AvgIpc) is 3.34. The van der Waals surface area contributed by atoms with Gasteiger partial charge < -0.3 is 4.74 Å². The number of aromatic nitrogens is 3. The quantitative estimate of drug-likeness (QED) is 0.285. The Kier molecular flexibility index (Phi) is 7.79. The summed E-state index contributed by atoms with van der Waals surface area (Å²) in [7, 11) is 0. The summed E-state index contributed by atoms with van der Waals surface area (Å²) in [6.07, 6.45) is 1.54. The van der Waals surface area contributed by atoms with E-state index in [-0.39, 0.29) is 12.4 Å². The number of benzene rings is 3. The van der Waals surface area contributed by atoms with Crippen molar-refractivity contribution in [2.45, 2.75) is 5.16 Å². The van der Waals surface area contributed by atoms with Crippen molar-refractivity contribution in [1.82, 2.24) is 25.6 Å². The standard InChI is InChI=1S/C24H20ClN5O3S/c25-18-9-6-10-19(13-18)30-16-26-29-24(30)34-15-23(32)28-27-22(31)14-33-21-12-5-4-11-20(21)17-7-2-1-3-8-17/h1-13,16H,14-15H2,(H,27,31)(H,28,32). The Bertz CT molecular complexity index is 1280. The van der Waals surface area contributed by atoms with Crippen molar-refractivity contribution in [1.29, 1.82) is 0 Å². The summed E-state index contributed by atoms with van der Waals surface area (Å²) >= 11 is 7.22. The van der Waals surface area contributed by atoms with Crippen LogP contribution in [-0.4, -0.2) is 38.9 Å². The number of amides is 2. The highest BCUT2D eigenvalue weighted by molar-refractivity contribution is 7.99. The number of para-hydroxylation sites is 1. The van der Waals surface area contributed by atoms with Crippen LogP contribution in [0.5, 0.6) is 5.75 Å². The molecular weight excluding hydrogens is 474 g/mol. The zero-order chi connectivity index (χ0) is 23.8. The zero-order valence-corrected chi connectivity index (χ0v) is 19.4. The number of carbonyl (C=O) groups excluding carboxylic acids is 2. The van der Waals surface area contributed by atoms with E-state index >= 15 is 0 Å². The summed E-state index contributed by atoms with van der Waals surface area (Å²) in [4.78, 5) is 24.4. The topological polar surface area (TPSA) is 98.1 Å². The van der Waals surface area contributed by atoms with Crippen molar-refractivity contribution in [3.05, 3.63) is 90.2 Å². The predicted molar refractivity (Wildman–Crippen MR) is 131 cm³/mol. The lowest BCUT2D eigenvalue weighted by atomic mass is 10.1. The van der Waals surface area contributed by atoms with E-state index in [0.29, 0.717) is 15.9 Å². The van der Waals surface area contributed by atoms with E-state index < -0.39 is 11.8 Å². The monoisotopic (exact) mass is 493 g/mol. The van der Waals surface area contributed by atoms with Crippen LogP contribution in [0.2, 0.25) is 5.02 Å². The molecule has 0 saturated heterocycles. The molecule has 0 bridgehead atoms. The second kappa shape index (κ2) is 11.4. The molecule has 0 unspecified atom stereocenters. The molecule has 0 radical (unpaired) electrons. The van der Waals surface area contributed by atoms with E-state index in [2.05, 4.69) is 21.0 Å². The molecule has 0 aliphatic heterocycles. The average molecular weight is 494 g/mol. The first-order valence-electron chi connectivity index (χ1n) is 10.2. The summed E-state index contributed by atoms with van der Waals surface area (Å²) in [6.45, 7) is -0.250. The van der Waals surface area contributed by atoms with Gasteiger partial charge in [0, 0.05) is 10.6 Å². The predicted octanol–water partition coefficient (Wildman–Crippen LogP) is 3.91. The fraction of sp³-hybridized carbons (Fsp3) is 0.0833. The van der Waals surface area contributed by atoms with Crippen LogP contribution in [0.25, 0.3) is 16.8 Å². The van der Waals surface area contributed by atoms with Gasteiger partial charge in [0.1, 0.15) is 12.1 Å². The zero-order valence-electron chi connectivity index (χ0n) is 17.8. The van der Waals surface area contributed by atoms with Crippen LogP contribution in [-0.2, 0) is 9.59 Å². The van der Waals surface area contributed by atoms with Crippen LogP contribution in [0.3, 0.4) is 0 Å². The van der Waals surface area contributed by atoms with Crippen molar-refractivity contribution in [3.8, 4) is 22.6 Å². The maximum Gasteiger partial charge on any atom is 0.276 e. The SMILES string of the molecule is O=C(COc1ccccc1-c1ccccc1)NNC(=O)CSc1nncn1-c1cccc(Cl)c1. The van der Waals surface area contributed by atoms with Gasteiger partial charge in [-0.25, -0.2) is 0 Å². The summed E-state index contributed by atoms with van der Waals surface area (Å²) in [5.41, 5.74) is 7.37. The van der Waals surface area contributed by atoms with Gasteiger partial charge in [0.05, 0.1) is 11.4 Å². The molecule has 1 heterocycles. The number of halogens is 1. The van der Waals surface area contributed by atoms with Crippen LogP contribution in [0.1, 0.15) is 0 Å². The Morgan fingerprint density at radius 2 is 1.71 bits per heavy atom. The molecule has 2 amide bonds. The Morgan fingerprint density at radius 1 is 0.941 bits per heavy atom. The first kappa shape index (κ1) is 23.3. The Labute approximate surface area is 205 Å². The van der Waals surface area contributed by atoms with Crippen LogP contribution in [0.15, 0.2) is 90.3 Å². The molecule has 0 saturated carbocycles. The minimum Gasteiger partial charge on any atom is -0.483 e. The number of hydrazine groups is 1. The van der Waals surface area contributed by atoms with Gasteiger partial charge in [0.25, 0.3) is 5.91 Å². The van der Waals surface area contributed by atoms with Crippen LogP contribution < -0.4 is 15.6 Å². The molecular formula is C24H20ClN5O3S. The van der Waals surface area contributed by atoms with Crippen LogP contribution >= 0.6 is 23.4 Å². The summed E-state index contributed by atoms with van der Waals surface area (Å²) in [5, 5.41) is 9.02. The number of carbonyl (C=O) groups is 2. The van der Waals surface area contributed by atoms with E-state index in [4.69, 9.17) is 16.3 Å². The fourth-order valence-corrected chi connectivity index (χ4v) is 3.97. The molecule has 172 valence electrons.